The van der Waals surface area contributed by atoms with Crippen LogP contribution in [0.5, 0.6) is 0 Å². The highest BCUT2D eigenvalue weighted by molar-refractivity contribution is 6.01. The molecule has 2 aliphatic heterocycles. The summed E-state index contributed by atoms with van der Waals surface area (Å²) < 4.78 is 15.0. The number of rotatable bonds is 4. The molecular weight excluding hydrogens is 302 g/mol. The molecule has 0 bridgehead atoms. The number of aliphatic imine (C=N–C) groups is 1. The van der Waals surface area contributed by atoms with Crippen LogP contribution in [-0.2, 0) is 14.2 Å². The maximum absolute atomic E-state index is 11.1. The van der Waals surface area contributed by atoms with E-state index in [1.807, 2.05) is 6.07 Å². The first kappa shape index (κ1) is 16.5. The van der Waals surface area contributed by atoms with E-state index in [0.29, 0.717) is 18.5 Å². The van der Waals surface area contributed by atoms with Crippen molar-refractivity contribution in [3.63, 3.8) is 0 Å². The van der Waals surface area contributed by atoms with Crippen LogP contribution in [-0.4, -0.2) is 48.9 Å². The fourth-order valence-corrected chi connectivity index (χ4v) is 2.25. The Morgan fingerprint density at radius 2 is 2.57 bits per heavy atom. The van der Waals surface area contributed by atoms with Crippen molar-refractivity contribution in [3.05, 3.63) is 24.4 Å². The maximum Gasteiger partial charge on any atom is 0.508 e. The summed E-state index contributed by atoms with van der Waals surface area (Å²) in [6.07, 6.45) is 3.97. The molecule has 2 atom stereocenters. The van der Waals surface area contributed by atoms with Gasteiger partial charge < -0.3 is 19.9 Å². The third-order valence-electron chi connectivity index (χ3n) is 3.38. The van der Waals surface area contributed by atoms with Gasteiger partial charge in [-0.25, -0.2) is 14.8 Å². The van der Waals surface area contributed by atoms with Gasteiger partial charge in [0.15, 0.2) is 17.7 Å². The van der Waals surface area contributed by atoms with Gasteiger partial charge in [-0.2, -0.15) is 10.4 Å². The van der Waals surface area contributed by atoms with Crippen LogP contribution in [0.25, 0.3) is 0 Å². The minimum Gasteiger partial charge on any atom is -0.438 e. The number of ether oxygens (including phenoxy) is 3. The molecule has 0 amide bonds. The predicted octanol–water partition coefficient (Wildman–Crippen LogP) is 0.854. The van der Waals surface area contributed by atoms with Crippen LogP contribution in [0.15, 0.2) is 34.5 Å². The average molecular weight is 319 g/mol. The molecule has 23 heavy (non-hydrogen) atoms. The standard InChI is InChI=1S/C14H17N5O4/c1-3-4-10-12(16)17-9-18-19(10)11-5-6-14(7-15,23-11)8-22-13(20)21-2/h3-4,9,11H,1,5-6,8H2,2H3,(H2,16,17,18)/b10-4-/t11-,14?/m1/s1. The molecule has 0 aromatic heterocycles. The molecule has 0 spiro atoms. The summed E-state index contributed by atoms with van der Waals surface area (Å²) in [4.78, 5) is 15.0. The van der Waals surface area contributed by atoms with Crippen molar-refractivity contribution < 1.29 is 19.0 Å². The molecule has 0 saturated carbocycles. The molecule has 2 N–H and O–H groups in total. The number of hydrogen-bond donors (Lipinski definition) is 1. The van der Waals surface area contributed by atoms with Crippen molar-refractivity contribution in [2.24, 2.45) is 15.8 Å². The number of hydrazone groups is 1. The number of methoxy groups -OCH3 is 1. The highest BCUT2D eigenvalue weighted by Crippen LogP contribution is 2.34. The minimum absolute atomic E-state index is 0.228. The molecule has 122 valence electrons. The molecular formula is C14H17N5O4. The van der Waals surface area contributed by atoms with E-state index in [9.17, 15) is 10.1 Å². The Labute approximate surface area is 133 Å². The third-order valence-corrected chi connectivity index (χ3v) is 3.38. The summed E-state index contributed by atoms with van der Waals surface area (Å²) in [6.45, 7) is 3.40. The second-order valence-electron chi connectivity index (χ2n) is 4.84. The number of carbonyl (C=O) groups excluding carboxylic acids is 1. The molecule has 2 rings (SSSR count). The van der Waals surface area contributed by atoms with Gasteiger partial charge in [0.25, 0.3) is 0 Å². The summed E-state index contributed by atoms with van der Waals surface area (Å²) >= 11 is 0. The summed E-state index contributed by atoms with van der Waals surface area (Å²) in [5.74, 6) is 0.267. The topological polar surface area (TPSA) is 123 Å². The van der Waals surface area contributed by atoms with Gasteiger partial charge in [-0.15, -0.1) is 0 Å². The molecule has 1 unspecified atom stereocenters. The zero-order chi connectivity index (χ0) is 16.9. The largest absolute Gasteiger partial charge is 0.508 e. The molecule has 0 aliphatic carbocycles. The molecule has 9 nitrogen and oxygen atoms in total. The van der Waals surface area contributed by atoms with Crippen LogP contribution in [0.1, 0.15) is 12.8 Å². The zero-order valence-corrected chi connectivity index (χ0v) is 12.6. The van der Waals surface area contributed by atoms with Crippen molar-refractivity contribution in [2.45, 2.75) is 24.7 Å². The molecule has 2 heterocycles. The summed E-state index contributed by atoms with van der Waals surface area (Å²) in [5.41, 5.74) is 5.10. The van der Waals surface area contributed by atoms with Gasteiger partial charge in [0, 0.05) is 0 Å². The molecule has 1 saturated heterocycles. The molecule has 0 radical (unpaired) electrons. The Bertz CT molecular complexity index is 621. The first-order valence-corrected chi connectivity index (χ1v) is 6.83. The number of allylic oxidation sites excluding steroid dienone is 2. The van der Waals surface area contributed by atoms with E-state index >= 15 is 0 Å². The lowest BCUT2D eigenvalue weighted by molar-refractivity contribution is -0.0931. The second kappa shape index (κ2) is 6.93. The third kappa shape index (κ3) is 3.49. The van der Waals surface area contributed by atoms with Crippen LogP contribution in [0.2, 0.25) is 0 Å². The van der Waals surface area contributed by atoms with Crippen molar-refractivity contribution in [3.8, 4) is 6.07 Å². The summed E-state index contributed by atoms with van der Waals surface area (Å²) in [6, 6.07) is 2.05. The highest BCUT2D eigenvalue weighted by atomic mass is 16.7. The lowest BCUT2D eigenvalue weighted by Crippen LogP contribution is -2.41. The Morgan fingerprint density at radius 3 is 3.22 bits per heavy atom. The fraction of sp³-hybridized carbons (Fsp3) is 0.429. The molecule has 9 heteroatoms. The van der Waals surface area contributed by atoms with Crippen LogP contribution in [0.4, 0.5) is 4.79 Å². The van der Waals surface area contributed by atoms with E-state index in [-0.39, 0.29) is 12.4 Å². The Balaban J connectivity index is 2.11. The quantitative estimate of drug-likeness (QED) is 0.762. The van der Waals surface area contributed by atoms with E-state index < -0.39 is 18.0 Å². The number of nitrogens with zero attached hydrogens (tertiary/aromatic N) is 4. The van der Waals surface area contributed by atoms with Gasteiger partial charge >= 0.3 is 6.16 Å². The van der Waals surface area contributed by atoms with Crippen LogP contribution >= 0.6 is 0 Å². The Hall–Kier alpha value is -2.86. The second-order valence-corrected chi connectivity index (χ2v) is 4.84. The fourth-order valence-electron chi connectivity index (χ4n) is 2.25. The Kier molecular flexibility index (Phi) is 4.98. The van der Waals surface area contributed by atoms with E-state index in [2.05, 4.69) is 21.4 Å². The van der Waals surface area contributed by atoms with Crippen LogP contribution < -0.4 is 5.73 Å². The van der Waals surface area contributed by atoms with E-state index in [1.165, 1.54) is 18.5 Å². The zero-order valence-electron chi connectivity index (χ0n) is 12.6. The number of amidine groups is 1. The van der Waals surface area contributed by atoms with Crippen LogP contribution in [0.3, 0.4) is 0 Å². The number of nitrogens with two attached hydrogens (primary N) is 1. The average Bonchev–Trinajstić information content (AvgIpc) is 2.99. The van der Waals surface area contributed by atoms with Crippen molar-refractivity contribution in [1.29, 1.82) is 5.26 Å². The molecule has 0 aromatic rings. The van der Waals surface area contributed by atoms with Gasteiger partial charge in [0.1, 0.15) is 24.7 Å². The number of carbonyl (C=O) groups is 1. The smallest absolute Gasteiger partial charge is 0.438 e. The van der Waals surface area contributed by atoms with Gasteiger partial charge in [-0.05, 0) is 18.9 Å². The Morgan fingerprint density at radius 1 is 1.78 bits per heavy atom. The van der Waals surface area contributed by atoms with E-state index in [0.717, 1.165) is 0 Å². The minimum atomic E-state index is -1.25. The lowest BCUT2D eigenvalue weighted by atomic mass is 10.0. The predicted molar refractivity (Wildman–Crippen MR) is 81.0 cm³/mol. The first-order valence-electron chi connectivity index (χ1n) is 6.83. The normalized spacial score (nSPS) is 28.2. The van der Waals surface area contributed by atoms with Gasteiger partial charge in [-0.1, -0.05) is 12.7 Å². The lowest BCUT2D eigenvalue weighted by Gasteiger charge is -2.30. The monoisotopic (exact) mass is 319 g/mol. The summed E-state index contributed by atoms with van der Waals surface area (Å²) in [5, 5.41) is 15.1. The summed E-state index contributed by atoms with van der Waals surface area (Å²) in [7, 11) is 1.19. The van der Waals surface area contributed by atoms with E-state index in [4.69, 9.17) is 15.2 Å². The van der Waals surface area contributed by atoms with Gasteiger partial charge in [0.2, 0.25) is 0 Å². The molecule has 0 aromatic carbocycles. The SMILES string of the molecule is C=C/C=C1/C(N)=NC=NN1[C@H]1CCC(C#N)(COC(=O)OC)O1. The first-order chi connectivity index (χ1) is 11.0. The van der Waals surface area contributed by atoms with E-state index in [1.54, 1.807) is 12.2 Å². The molecule has 1 fully saturated rings. The maximum atomic E-state index is 11.1. The molecule has 2 aliphatic rings. The number of nitriles is 1. The van der Waals surface area contributed by atoms with Crippen molar-refractivity contribution in [2.75, 3.05) is 13.7 Å². The van der Waals surface area contributed by atoms with Gasteiger partial charge in [-0.3, -0.25) is 0 Å². The van der Waals surface area contributed by atoms with Crippen molar-refractivity contribution >= 4 is 18.3 Å². The van der Waals surface area contributed by atoms with Crippen LogP contribution in [0, 0.1) is 11.3 Å². The van der Waals surface area contributed by atoms with Crippen molar-refractivity contribution in [1.82, 2.24) is 5.01 Å². The highest BCUT2D eigenvalue weighted by Gasteiger charge is 2.45. The van der Waals surface area contributed by atoms with Gasteiger partial charge in [0.05, 0.1) is 7.11 Å². The number of hydrogen-bond acceptors (Lipinski definition) is 9.